The fraction of sp³-hybridized carbons (Fsp3) is 0.0625. The molecule has 22 heavy (non-hydrogen) atoms. The summed E-state index contributed by atoms with van der Waals surface area (Å²) in [5, 5.41) is 11.0. The van der Waals surface area contributed by atoms with E-state index in [-0.39, 0.29) is 5.91 Å². The SMILES string of the molecule is Cc1nnc(-c2cccc(NC(=O)c3ccccc3Cl)c2)o1. The molecule has 2 aromatic carbocycles. The Morgan fingerprint density at radius 2 is 1.95 bits per heavy atom. The van der Waals surface area contributed by atoms with Crippen LogP contribution >= 0.6 is 11.6 Å². The van der Waals surface area contributed by atoms with Gasteiger partial charge in [0.05, 0.1) is 10.6 Å². The molecule has 3 rings (SSSR count). The smallest absolute Gasteiger partial charge is 0.257 e. The highest BCUT2D eigenvalue weighted by atomic mass is 35.5. The normalized spacial score (nSPS) is 10.5. The first kappa shape index (κ1) is 14.3. The van der Waals surface area contributed by atoms with E-state index in [1.807, 2.05) is 6.07 Å². The number of hydrogen-bond acceptors (Lipinski definition) is 4. The van der Waals surface area contributed by atoms with Crippen LogP contribution in [-0.2, 0) is 0 Å². The summed E-state index contributed by atoms with van der Waals surface area (Å²) in [6.07, 6.45) is 0. The third-order valence-corrected chi connectivity index (χ3v) is 3.34. The third kappa shape index (κ3) is 2.99. The third-order valence-electron chi connectivity index (χ3n) is 3.01. The lowest BCUT2D eigenvalue weighted by atomic mass is 10.1. The number of anilines is 1. The average Bonchev–Trinajstić information content (AvgIpc) is 2.94. The van der Waals surface area contributed by atoms with Crippen molar-refractivity contribution >= 4 is 23.2 Å². The summed E-state index contributed by atoms with van der Waals surface area (Å²) in [7, 11) is 0. The van der Waals surface area contributed by atoms with Crippen molar-refractivity contribution in [3.63, 3.8) is 0 Å². The number of rotatable bonds is 3. The lowest BCUT2D eigenvalue weighted by molar-refractivity contribution is 0.102. The maximum atomic E-state index is 12.2. The molecule has 0 radical (unpaired) electrons. The zero-order valence-electron chi connectivity index (χ0n) is 11.7. The van der Waals surface area contributed by atoms with Crippen LogP contribution in [0.5, 0.6) is 0 Å². The number of carbonyl (C=O) groups is 1. The Labute approximate surface area is 131 Å². The highest BCUT2D eigenvalue weighted by Crippen LogP contribution is 2.22. The summed E-state index contributed by atoms with van der Waals surface area (Å²) in [6.45, 7) is 1.72. The Kier molecular flexibility index (Phi) is 3.89. The van der Waals surface area contributed by atoms with Gasteiger partial charge in [-0.15, -0.1) is 10.2 Å². The standard InChI is InChI=1S/C16H12ClN3O2/c1-10-19-20-16(22-10)11-5-4-6-12(9-11)18-15(21)13-7-2-3-8-14(13)17/h2-9H,1H3,(H,18,21). The minimum atomic E-state index is -0.274. The quantitative estimate of drug-likeness (QED) is 0.795. The molecular formula is C16H12ClN3O2. The zero-order chi connectivity index (χ0) is 15.5. The van der Waals surface area contributed by atoms with Crippen LogP contribution in [0.2, 0.25) is 5.02 Å². The van der Waals surface area contributed by atoms with Crippen molar-refractivity contribution in [1.29, 1.82) is 0 Å². The molecule has 0 atom stereocenters. The molecule has 1 heterocycles. The van der Waals surface area contributed by atoms with Gasteiger partial charge in [0.1, 0.15) is 0 Å². The summed E-state index contributed by atoms with van der Waals surface area (Å²) >= 11 is 6.02. The molecule has 1 aromatic heterocycles. The van der Waals surface area contributed by atoms with E-state index in [4.69, 9.17) is 16.0 Å². The van der Waals surface area contributed by atoms with Crippen LogP contribution in [-0.4, -0.2) is 16.1 Å². The second-order valence-electron chi connectivity index (χ2n) is 4.64. The Hall–Kier alpha value is -2.66. The van der Waals surface area contributed by atoms with Crippen LogP contribution in [0.25, 0.3) is 11.5 Å². The van der Waals surface area contributed by atoms with Crippen LogP contribution in [0, 0.1) is 6.92 Å². The van der Waals surface area contributed by atoms with Gasteiger partial charge in [-0.25, -0.2) is 0 Å². The Bertz CT molecular complexity index is 830. The molecule has 0 unspecified atom stereocenters. The number of aryl methyl sites for hydroxylation is 1. The molecule has 3 aromatic rings. The second-order valence-corrected chi connectivity index (χ2v) is 5.05. The molecule has 1 amide bonds. The van der Waals surface area contributed by atoms with Gasteiger partial charge in [0.25, 0.3) is 5.91 Å². The van der Waals surface area contributed by atoms with E-state index in [2.05, 4.69) is 15.5 Å². The Morgan fingerprint density at radius 1 is 1.14 bits per heavy atom. The zero-order valence-corrected chi connectivity index (χ0v) is 12.5. The maximum Gasteiger partial charge on any atom is 0.257 e. The number of amides is 1. The van der Waals surface area contributed by atoms with E-state index < -0.39 is 0 Å². The van der Waals surface area contributed by atoms with Crippen LogP contribution in [0.4, 0.5) is 5.69 Å². The molecule has 0 fully saturated rings. The first-order valence-corrected chi connectivity index (χ1v) is 6.98. The summed E-state index contributed by atoms with van der Waals surface area (Å²) < 4.78 is 5.38. The molecule has 0 aliphatic heterocycles. The second kappa shape index (κ2) is 5.99. The van der Waals surface area contributed by atoms with Crippen LogP contribution < -0.4 is 5.32 Å². The minimum absolute atomic E-state index is 0.274. The van der Waals surface area contributed by atoms with E-state index >= 15 is 0 Å². The predicted octanol–water partition coefficient (Wildman–Crippen LogP) is 3.95. The molecule has 5 nitrogen and oxygen atoms in total. The molecule has 0 aliphatic rings. The van der Waals surface area contributed by atoms with Crippen LogP contribution in [0.15, 0.2) is 52.9 Å². The monoisotopic (exact) mass is 313 g/mol. The van der Waals surface area contributed by atoms with Crippen LogP contribution in [0.3, 0.4) is 0 Å². The molecule has 0 spiro atoms. The van der Waals surface area contributed by atoms with Gasteiger partial charge in [-0.05, 0) is 30.3 Å². The number of hydrogen-bond donors (Lipinski definition) is 1. The van der Waals surface area contributed by atoms with E-state index in [1.54, 1.807) is 49.4 Å². The summed E-state index contributed by atoms with van der Waals surface area (Å²) in [4.78, 5) is 12.2. The van der Waals surface area contributed by atoms with Gasteiger partial charge in [0.15, 0.2) is 0 Å². The van der Waals surface area contributed by atoms with Crippen molar-refractivity contribution < 1.29 is 9.21 Å². The number of benzene rings is 2. The fourth-order valence-electron chi connectivity index (χ4n) is 1.99. The first-order valence-electron chi connectivity index (χ1n) is 6.60. The lowest BCUT2D eigenvalue weighted by Gasteiger charge is -2.07. The van der Waals surface area contributed by atoms with Gasteiger partial charge in [-0.1, -0.05) is 29.8 Å². The van der Waals surface area contributed by atoms with Gasteiger partial charge in [-0.2, -0.15) is 0 Å². The molecule has 0 saturated heterocycles. The number of halogens is 1. The molecule has 0 aliphatic carbocycles. The van der Waals surface area contributed by atoms with Crippen LogP contribution in [0.1, 0.15) is 16.2 Å². The van der Waals surface area contributed by atoms with Crippen molar-refractivity contribution in [2.45, 2.75) is 6.92 Å². The first-order chi connectivity index (χ1) is 10.6. The van der Waals surface area contributed by atoms with Gasteiger partial charge in [-0.3, -0.25) is 4.79 Å². The maximum absolute atomic E-state index is 12.2. The van der Waals surface area contributed by atoms with E-state index in [0.29, 0.717) is 28.1 Å². The van der Waals surface area contributed by atoms with Gasteiger partial charge in [0.2, 0.25) is 11.8 Å². The van der Waals surface area contributed by atoms with E-state index in [1.165, 1.54) is 0 Å². The molecule has 1 N–H and O–H groups in total. The largest absolute Gasteiger partial charge is 0.421 e. The highest BCUT2D eigenvalue weighted by molar-refractivity contribution is 6.34. The number of nitrogens with one attached hydrogen (secondary N) is 1. The van der Waals surface area contributed by atoms with Gasteiger partial charge in [0, 0.05) is 18.2 Å². The summed E-state index contributed by atoms with van der Waals surface area (Å²) in [6, 6.07) is 14.1. The summed E-state index contributed by atoms with van der Waals surface area (Å²) in [5.41, 5.74) is 1.78. The van der Waals surface area contributed by atoms with E-state index in [9.17, 15) is 4.79 Å². The molecule has 0 bridgehead atoms. The minimum Gasteiger partial charge on any atom is -0.421 e. The van der Waals surface area contributed by atoms with Crippen molar-refractivity contribution in [3.8, 4) is 11.5 Å². The van der Waals surface area contributed by atoms with Crippen molar-refractivity contribution in [3.05, 3.63) is 65.0 Å². The van der Waals surface area contributed by atoms with Crippen molar-refractivity contribution in [1.82, 2.24) is 10.2 Å². The fourth-order valence-corrected chi connectivity index (χ4v) is 2.21. The van der Waals surface area contributed by atoms with E-state index in [0.717, 1.165) is 5.56 Å². The average molecular weight is 314 g/mol. The van der Waals surface area contributed by atoms with Gasteiger partial charge < -0.3 is 9.73 Å². The summed E-state index contributed by atoms with van der Waals surface area (Å²) in [5.74, 6) is 0.622. The molecule has 0 saturated carbocycles. The van der Waals surface area contributed by atoms with Gasteiger partial charge >= 0.3 is 0 Å². The molecule has 6 heteroatoms. The number of carbonyl (C=O) groups excluding carboxylic acids is 1. The Morgan fingerprint density at radius 3 is 2.68 bits per heavy atom. The number of aromatic nitrogens is 2. The predicted molar refractivity (Wildman–Crippen MR) is 83.9 cm³/mol. The van der Waals surface area contributed by atoms with Crippen molar-refractivity contribution in [2.24, 2.45) is 0 Å². The molecular weight excluding hydrogens is 302 g/mol. The highest BCUT2D eigenvalue weighted by Gasteiger charge is 2.11. The molecule has 110 valence electrons. The van der Waals surface area contributed by atoms with Crippen molar-refractivity contribution in [2.75, 3.05) is 5.32 Å². The topological polar surface area (TPSA) is 68.0 Å². The Balaban J connectivity index is 1.84. The lowest BCUT2D eigenvalue weighted by Crippen LogP contribution is -2.12. The number of nitrogens with zero attached hydrogens (tertiary/aromatic N) is 2.